The first-order valence-electron chi connectivity index (χ1n) is 10.8. The maximum atomic E-state index is 13.3. The zero-order valence-corrected chi connectivity index (χ0v) is 19.0. The number of anilines is 1. The Hall–Kier alpha value is -3.98. The molecule has 1 aliphatic rings. The average Bonchev–Trinajstić information content (AvgIpc) is 3.48. The molecule has 2 aromatic heterocycles. The Morgan fingerprint density at radius 1 is 1.18 bits per heavy atom. The molecule has 172 valence electrons. The van der Waals surface area contributed by atoms with Gasteiger partial charge in [0.1, 0.15) is 5.75 Å². The van der Waals surface area contributed by atoms with E-state index >= 15 is 0 Å². The zero-order valence-electron chi connectivity index (χ0n) is 18.2. The van der Waals surface area contributed by atoms with Gasteiger partial charge in [-0.2, -0.15) is 5.21 Å². The van der Waals surface area contributed by atoms with Crippen molar-refractivity contribution in [3.8, 4) is 34.1 Å². The molecule has 0 aliphatic heterocycles. The summed E-state index contributed by atoms with van der Waals surface area (Å²) in [5, 5.41) is 28.6. The summed E-state index contributed by atoms with van der Waals surface area (Å²) < 4.78 is 5.41. The molecule has 0 saturated heterocycles. The highest BCUT2D eigenvalue weighted by Gasteiger charge is 2.51. The van der Waals surface area contributed by atoms with Crippen LogP contribution in [0, 0.1) is 0 Å². The maximum absolute atomic E-state index is 13.3. The van der Waals surface area contributed by atoms with Crippen LogP contribution >= 0.6 is 11.6 Å². The summed E-state index contributed by atoms with van der Waals surface area (Å²) in [6.07, 6.45) is 3.07. The maximum Gasteiger partial charge on any atom is 0.235 e. The summed E-state index contributed by atoms with van der Waals surface area (Å²) in [6.45, 7) is 2.39. The molecule has 4 aromatic rings. The van der Waals surface area contributed by atoms with E-state index in [4.69, 9.17) is 16.3 Å². The first-order chi connectivity index (χ1) is 16.5. The van der Waals surface area contributed by atoms with Crippen molar-refractivity contribution >= 4 is 23.2 Å². The number of ether oxygens (including phenoxy) is 1. The number of aromatic nitrogens is 5. The molecule has 2 aromatic carbocycles. The van der Waals surface area contributed by atoms with Crippen molar-refractivity contribution in [1.29, 1.82) is 0 Å². The van der Waals surface area contributed by atoms with E-state index in [0.717, 1.165) is 24.0 Å². The summed E-state index contributed by atoms with van der Waals surface area (Å²) >= 11 is 6.00. The average molecular weight is 477 g/mol. The number of benzene rings is 2. The SMILES string of the molecule is CCOc1ccc(-c2cc(O)c(NC(=O)C3(c4ccc(Cl)cc4)CC3)cc2-c2nn[nH]n2)cn1. The number of tetrazole rings is 1. The molecule has 9 nitrogen and oxygen atoms in total. The Morgan fingerprint density at radius 3 is 2.59 bits per heavy atom. The minimum absolute atomic E-state index is 0.0867. The number of hydrogen-bond acceptors (Lipinski definition) is 7. The van der Waals surface area contributed by atoms with E-state index in [-0.39, 0.29) is 17.3 Å². The lowest BCUT2D eigenvalue weighted by Gasteiger charge is -2.18. The van der Waals surface area contributed by atoms with Gasteiger partial charge in [0.2, 0.25) is 17.6 Å². The van der Waals surface area contributed by atoms with Crippen molar-refractivity contribution in [2.24, 2.45) is 0 Å². The van der Waals surface area contributed by atoms with Crippen molar-refractivity contribution < 1.29 is 14.6 Å². The molecule has 1 fully saturated rings. The van der Waals surface area contributed by atoms with Gasteiger partial charge < -0.3 is 15.2 Å². The first kappa shape index (κ1) is 21.8. The Morgan fingerprint density at radius 2 is 1.97 bits per heavy atom. The quantitative estimate of drug-likeness (QED) is 0.338. The van der Waals surface area contributed by atoms with E-state index in [2.05, 4.69) is 30.9 Å². The van der Waals surface area contributed by atoms with Gasteiger partial charge in [0.05, 0.1) is 17.7 Å². The van der Waals surface area contributed by atoms with Gasteiger partial charge in [-0.1, -0.05) is 23.7 Å². The lowest BCUT2D eigenvalue weighted by Crippen LogP contribution is -2.27. The number of aromatic hydroxyl groups is 1. The van der Waals surface area contributed by atoms with Gasteiger partial charge in [-0.3, -0.25) is 4.79 Å². The summed E-state index contributed by atoms with van der Waals surface area (Å²) in [6, 6.07) is 14.0. The Kier molecular flexibility index (Phi) is 5.62. The molecular weight excluding hydrogens is 456 g/mol. The van der Waals surface area contributed by atoms with Crippen LogP contribution in [0.5, 0.6) is 11.6 Å². The third-order valence-corrected chi connectivity index (χ3v) is 6.14. The van der Waals surface area contributed by atoms with Crippen LogP contribution in [-0.4, -0.2) is 43.2 Å². The number of nitrogens with zero attached hydrogens (tertiary/aromatic N) is 4. The van der Waals surface area contributed by atoms with E-state index < -0.39 is 5.41 Å². The molecule has 2 heterocycles. The molecule has 1 aliphatic carbocycles. The first-order valence-corrected chi connectivity index (χ1v) is 11.2. The number of aromatic amines is 1. The second kappa shape index (κ2) is 8.75. The number of hydrogen-bond donors (Lipinski definition) is 3. The standard InChI is InChI=1S/C24H21ClN6O3/c1-2-34-21-8-3-14(13-26-21)17-12-20(32)19(11-18(17)22-28-30-31-29-22)27-23(33)24(9-10-24)15-4-6-16(25)7-5-15/h3-8,11-13,32H,2,9-10H2,1H3,(H,27,33)(H,28,29,30,31). The predicted octanol–water partition coefficient (Wildman–Crippen LogP) is 4.36. The van der Waals surface area contributed by atoms with Crippen LogP contribution in [0.25, 0.3) is 22.5 Å². The number of rotatable bonds is 7. The number of carbonyl (C=O) groups excluding carboxylic acids is 1. The lowest BCUT2D eigenvalue weighted by atomic mass is 9.94. The number of nitrogens with one attached hydrogen (secondary N) is 2. The van der Waals surface area contributed by atoms with E-state index in [9.17, 15) is 9.90 Å². The van der Waals surface area contributed by atoms with Crippen LogP contribution in [-0.2, 0) is 10.2 Å². The smallest absolute Gasteiger partial charge is 0.235 e. The fraction of sp³-hybridized carbons (Fsp3) is 0.208. The molecule has 5 rings (SSSR count). The van der Waals surface area contributed by atoms with Gasteiger partial charge in [0, 0.05) is 28.4 Å². The number of phenols is 1. The van der Waals surface area contributed by atoms with Gasteiger partial charge in [-0.25, -0.2) is 4.98 Å². The van der Waals surface area contributed by atoms with Crippen LogP contribution in [0.15, 0.2) is 54.7 Å². The van der Waals surface area contributed by atoms with E-state index in [1.165, 1.54) is 0 Å². The second-order valence-corrected chi connectivity index (χ2v) is 8.45. The Bertz CT molecular complexity index is 1320. The molecule has 1 saturated carbocycles. The molecule has 0 unspecified atom stereocenters. The Labute approximate surface area is 200 Å². The molecule has 0 bridgehead atoms. The normalized spacial score (nSPS) is 13.9. The summed E-state index contributed by atoms with van der Waals surface area (Å²) in [7, 11) is 0. The molecule has 10 heteroatoms. The third-order valence-electron chi connectivity index (χ3n) is 5.89. The highest BCUT2D eigenvalue weighted by atomic mass is 35.5. The molecule has 0 atom stereocenters. The predicted molar refractivity (Wildman–Crippen MR) is 127 cm³/mol. The molecule has 0 radical (unpaired) electrons. The fourth-order valence-electron chi connectivity index (χ4n) is 3.94. The molecule has 0 spiro atoms. The molecule has 34 heavy (non-hydrogen) atoms. The highest BCUT2D eigenvalue weighted by molar-refractivity contribution is 6.30. The van der Waals surface area contributed by atoms with Crippen LogP contribution in [0.2, 0.25) is 5.02 Å². The van der Waals surface area contributed by atoms with Crippen LogP contribution in [0.4, 0.5) is 5.69 Å². The minimum atomic E-state index is -0.638. The van der Waals surface area contributed by atoms with Crippen LogP contribution in [0.3, 0.4) is 0 Å². The largest absolute Gasteiger partial charge is 0.506 e. The summed E-state index contributed by atoms with van der Waals surface area (Å²) in [5.41, 5.74) is 2.44. The number of phenolic OH excluding ortho intramolecular Hbond substituents is 1. The topological polar surface area (TPSA) is 126 Å². The molecule has 1 amide bonds. The van der Waals surface area contributed by atoms with Crippen molar-refractivity contribution in [3.63, 3.8) is 0 Å². The monoisotopic (exact) mass is 476 g/mol. The minimum Gasteiger partial charge on any atom is -0.506 e. The van der Waals surface area contributed by atoms with Gasteiger partial charge in [0.25, 0.3) is 0 Å². The zero-order chi connectivity index (χ0) is 23.7. The van der Waals surface area contributed by atoms with Gasteiger partial charge in [-0.05, 0) is 66.4 Å². The van der Waals surface area contributed by atoms with Crippen LogP contribution in [0.1, 0.15) is 25.3 Å². The van der Waals surface area contributed by atoms with E-state index in [0.29, 0.717) is 34.5 Å². The van der Waals surface area contributed by atoms with Gasteiger partial charge in [-0.15, -0.1) is 10.2 Å². The highest BCUT2D eigenvalue weighted by Crippen LogP contribution is 2.50. The second-order valence-electron chi connectivity index (χ2n) is 8.01. The van der Waals surface area contributed by atoms with E-state index in [1.807, 2.05) is 25.1 Å². The van der Waals surface area contributed by atoms with E-state index in [1.54, 1.807) is 36.5 Å². The number of pyridine rings is 1. The molecule has 3 N–H and O–H groups in total. The summed E-state index contributed by atoms with van der Waals surface area (Å²) in [5.74, 6) is 0.534. The van der Waals surface area contributed by atoms with Gasteiger partial charge >= 0.3 is 0 Å². The Balaban J connectivity index is 1.50. The van der Waals surface area contributed by atoms with Crippen molar-refractivity contribution in [2.75, 3.05) is 11.9 Å². The van der Waals surface area contributed by atoms with Gasteiger partial charge in [0.15, 0.2) is 0 Å². The summed E-state index contributed by atoms with van der Waals surface area (Å²) in [4.78, 5) is 17.6. The molecular formula is C24H21ClN6O3. The van der Waals surface area contributed by atoms with Crippen molar-refractivity contribution in [1.82, 2.24) is 25.6 Å². The fourth-order valence-corrected chi connectivity index (χ4v) is 4.07. The number of halogens is 1. The van der Waals surface area contributed by atoms with Crippen molar-refractivity contribution in [2.45, 2.75) is 25.2 Å². The van der Waals surface area contributed by atoms with Crippen LogP contribution < -0.4 is 10.1 Å². The lowest BCUT2D eigenvalue weighted by molar-refractivity contribution is -0.118. The number of carbonyl (C=O) groups is 1. The number of amides is 1. The van der Waals surface area contributed by atoms with Crippen molar-refractivity contribution in [3.05, 3.63) is 65.3 Å². The third kappa shape index (κ3) is 4.06. The number of H-pyrrole nitrogens is 1.